The molecule has 0 heterocycles. The summed E-state index contributed by atoms with van der Waals surface area (Å²) in [7, 11) is 2.91. The molecule has 10 heteroatoms. The number of ether oxygens (including phenoxy) is 2. The van der Waals surface area contributed by atoms with E-state index in [0.717, 1.165) is 12.1 Å². The molecule has 3 aromatic rings. The first-order valence-corrected chi connectivity index (χ1v) is 11.8. The van der Waals surface area contributed by atoms with Gasteiger partial charge in [0, 0.05) is 16.3 Å². The number of hydrogen-bond donors (Lipinski definition) is 2. The maximum atomic E-state index is 13.0. The molecule has 0 bridgehead atoms. The van der Waals surface area contributed by atoms with E-state index in [1.807, 2.05) is 6.92 Å². The Morgan fingerprint density at radius 2 is 1.47 bits per heavy atom. The molecule has 0 saturated carbocycles. The summed E-state index contributed by atoms with van der Waals surface area (Å²) >= 11 is 1.24. The minimum atomic E-state index is -4.50. The van der Waals surface area contributed by atoms with Gasteiger partial charge >= 0.3 is 6.18 Å². The van der Waals surface area contributed by atoms with Crippen LogP contribution in [0.25, 0.3) is 0 Å². The first-order chi connectivity index (χ1) is 17.2. The van der Waals surface area contributed by atoms with Crippen LogP contribution >= 0.6 is 11.8 Å². The summed E-state index contributed by atoms with van der Waals surface area (Å²) in [6.07, 6.45) is -4.07. The average molecular weight is 519 g/mol. The molecule has 0 saturated heterocycles. The number of halogens is 3. The van der Waals surface area contributed by atoms with E-state index in [9.17, 15) is 22.8 Å². The molecule has 190 valence electrons. The van der Waals surface area contributed by atoms with E-state index in [1.165, 1.54) is 38.1 Å². The summed E-state index contributed by atoms with van der Waals surface area (Å²) in [5, 5.41) is 4.80. The Balaban J connectivity index is 1.72. The van der Waals surface area contributed by atoms with E-state index in [0.29, 0.717) is 28.5 Å². The molecule has 1 unspecified atom stereocenters. The number of thioether (sulfide) groups is 1. The predicted molar refractivity (Wildman–Crippen MR) is 134 cm³/mol. The lowest BCUT2D eigenvalue weighted by Gasteiger charge is -2.17. The van der Waals surface area contributed by atoms with Crippen LogP contribution in [0.4, 0.5) is 24.5 Å². The van der Waals surface area contributed by atoms with Gasteiger partial charge in [-0.15, -0.1) is 11.8 Å². The highest BCUT2D eigenvalue weighted by atomic mass is 32.2. The zero-order valence-electron chi connectivity index (χ0n) is 19.8. The number of rotatable bonds is 9. The molecule has 0 spiro atoms. The fraction of sp³-hybridized carbons (Fsp3) is 0.231. The molecule has 0 aliphatic heterocycles. The van der Waals surface area contributed by atoms with E-state index in [2.05, 4.69) is 10.6 Å². The summed E-state index contributed by atoms with van der Waals surface area (Å²) < 4.78 is 49.5. The third-order valence-corrected chi connectivity index (χ3v) is 6.50. The Morgan fingerprint density at radius 3 is 2.06 bits per heavy atom. The SMILES string of the molecule is CCC(Sc1cccc(NC(=O)c2c(OC)cccc2OC)c1)C(=O)Nc1cccc(C(F)(F)F)c1. The number of carbonyl (C=O) groups excluding carboxylic acids is 2. The van der Waals surface area contributed by atoms with Gasteiger partial charge in [0.15, 0.2) is 0 Å². The van der Waals surface area contributed by atoms with Crippen LogP contribution in [0.1, 0.15) is 29.3 Å². The van der Waals surface area contributed by atoms with Crippen molar-refractivity contribution in [2.45, 2.75) is 29.7 Å². The van der Waals surface area contributed by atoms with Crippen LogP contribution < -0.4 is 20.1 Å². The van der Waals surface area contributed by atoms with Crippen molar-refractivity contribution in [1.29, 1.82) is 0 Å². The Hall–Kier alpha value is -3.66. The van der Waals surface area contributed by atoms with Crippen LogP contribution in [-0.4, -0.2) is 31.3 Å². The Morgan fingerprint density at radius 1 is 0.889 bits per heavy atom. The number of nitrogens with one attached hydrogen (secondary N) is 2. The van der Waals surface area contributed by atoms with Crippen molar-refractivity contribution in [3.8, 4) is 11.5 Å². The number of alkyl halides is 3. The largest absolute Gasteiger partial charge is 0.496 e. The molecule has 2 amide bonds. The molecular formula is C26H25F3N2O4S. The Bertz CT molecular complexity index is 1210. The van der Waals surface area contributed by atoms with Crippen LogP contribution in [0.2, 0.25) is 0 Å². The summed E-state index contributed by atoms with van der Waals surface area (Å²) in [4.78, 5) is 26.4. The fourth-order valence-electron chi connectivity index (χ4n) is 3.40. The molecule has 6 nitrogen and oxygen atoms in total. The summed E-state index contributed by atoms with van der Waals surface area (Å²) in [6, 6.07) is 16.4. The Labute approximate surface area is 211 Å². The van der Waals surface area contributed by atoms with Crippen molar-refractivity contribution in [1.82, 2.24) is 0 Å². The van der Waals surface area contributed by atoms with Gasteiger partial charge < -0.3 is 20.1 Å². The maximum absolute atomic E-state index is 13.0. The lowest BCUT2D eigenvalue weighted by atomic mass is 10.1. The smallest absolute Gasteiger partial charge is 0.416 e. The highest BCUT2D eigenvalue weighted by molar-refractivity contribution is 8.00. The fourth-order valence-corrected chi connectivity index (χ4v) is 4.41. The molecule has 0 radical (unpaired) electrons. The number of carbonyl (C=O) groups is 2. The average Bonchev–Trinajstić information content (AvgIpc) is 2.86. The highest BCUT2D eigenvalue weighted by Crippen LogP contribution is 2.33. The zero-order valence-corrected chi connectivity index (χ0v) is 20.6. The third-order valence-electron chi connectivity index (χ3n) is 5.15. The van der Waals surface area contributed by atoms with E-state index in [4.69, 9.17) is 9.47 Å². The topological polar surface area (TPSA) is 76.7 Å². The highest BCUT2D eigenvalue weighted by Gasteiger charge is 2.30. The van der Waals surface area contributed by atoms with E-state index >= 15 is 0 Å². The minimum absolute atomic E-state index is 0.0700. The number of benzene rings is 3. The first-order valence-electron chi connectivity index (χ1n) is 10.9. The van der Waals surface area contributed by atoms with Crippen LogP contribution in [0.5, 0.6) is 11.5 Å². The molecule has 2 N–H and O–H groups in total. The van der Waals surface area contributed by atoms with Gasteiger partial charge in [-0.25, -0.2) is 0 Å². The normalized spacial score (nSPS) is 11.9. The van der Waals surface area contributed by atoms with Gasteiger partial charge in [-0.1, -0.05) is 25.1 Å². The van der Waals surface area contributed by atoms with Crippen LogP contribution in [0.15, 0.2) is 71.6 Å². The van der Waals surface area contributed by atoms with E-state index in [1.54, 1.807) is 42.5 Å². The molecule has 3 rings (SSSR count). The van der Waals surface area contributed by atoms with Gasteiger partial charge in [0.1, 0.15) is 17.1 Å². The van der Waals surface area contributed by atoms with Crippen LogP contribution in [-0.2, 0) is 11.0 Å². The number of methoxy groups -OCH3 is 2. The summed E-state index contributed by atoms with van der Waals surface area (Å²) in [5.41, 5.74) is -0.0321. The van der Waals surface area contributed by atoms with Gasteiger partial charge in [-0.2, -0.15) is 13.2 Å². The second-order valence-electron chi connectivity index (χ2n) is 7.60. The van der Waals surface area contributed by atoms with Crippen LogP contribution in [0, 0.1) is 0 Å². The quantitative estimate of drug-likeness (QED) is 0.317. The lowest BCUT2D eigenvalue weighted by Crippen LogP contribution is -2.24. The molecule has 0 fully saturated rings. The lowest BCUT2D eigenvalue weighted by molar-refractivity contribution is -0.137. The van der Waals surface area contributed by atoms with Crippen molar-refractivity contribution in [3.05, 3.63) is 77.9 Å². The van der Waals surface area contributed by atoms with Crippen molar-refractivity contribution >= 4 is 35.0 Å². The molecular weight excluding hydrogens is 493 g/mol. The standard InChI is InChI=1S/C26H25F3N2O4S/c1-4-22(24(32)30-17-9-5-8-16(14-17)26(27,28)29)36-19-11-6-10-18(15-19)31-25(33)23-20(34-2)12-7-13-21(23)35-3/h5-15,22H,4H2,1-3H3,(H,30,32)(H,31,33). The van der Waals surface area contributed by atoms with Crippen molar-refractivity contribution < 1.29 is 32.2 Å². The second kappa shape index (κ2) is 11.9. The van der Waals surface area contributed by atoms with Crippen molar-refractivity contribution in [2.24, 2.45) is 0 Å². The number of anilines is 2. The number of amides is 2. The van der Waals surface area contributed by atoms with Gasteiger partial charge in [0.2, 0.25) is 5.91 Å². The van der Waals surface area contributed by atoms with Gasteiger partial charge in [-0.3, -0.25) is 9.59 Å². The Kier molecular flexibility index (Phi) is 8.87. The van der Waals surface area contributed by atoms with E-state index in [-0.39, 0.29) is 11.3 Å². The predicted octanol–water partition coefficient (Wildman–Crippen LogP) is 6.48. The molecule has 36 heavy (non-hydrogen) atoms. The molecule has 0 aliphatic carbocycles. The van der Waals surface area contributed by atoms with Crippen LogP contribution in [0.3, 0.4) is 0 Å². The van der Waals surface area contributed by atoms with Gasteiger partial charge in [0.25, 0.3) is 5.91 Å². The monoisotopic (exact) mass is 518 g/mol. The van der Waals surface area contributed by atoms with Crippen molar-refractivity contribution in [2.75, 3.05) is 24.9 Å². The number of hydrogen-bond acceptors (Lipinski definition) is 5. The maximum Gasteiger partial charge on any atom is 0.416 e. The van der Waals surface area contributed by atoms with Gasteiger partial charge in [-0.05, 0) is 55.0 Å². The van der Waals surface area contributed by atoms with Gasteiger partial charge in [0.05, 0.1) is 25.0 Å². The molecule has 3 aromatic carbocycles. The summed E-state index contributed by atoms with van der Waals surface area (Å²) in [6.45, 7) is 1.81. The summed E-state index contributed by atoms with van der Waals surface area (Å²) in [5.74, 6) is -0.139. The molecule has 0 aromatic heterocycles. The third kappa shape index (κ3) is 6.72. The van der Waals surface area contributed by atoms with Crippen molar-refractivity contribution in [3.63, 3.8) is 0 Å². The van der Waals surface area contributed by atoms with E-state index < -0.39 is 28.8 Å². The zero-order chi connectivity index (χ0) is 26.3. The first kappa shape index (κ1) is 26.9. The second-order valence-corrected chi connectivity index (χ2v) is 8.88. The molecule has 0 aliphatic rings. The minimum Gasteiger partial charge on any atom is -0.496 e. The molecule has 1 atom stereocenters.